The van der Waals surface area contributed by atoms with Gasteiger partial charge in [0.25, 0.3) is 0 Å². The zero-order valence-electron chi connectivity index (χ0n) is 68.7. The number of amides is 17. The predicted molar refractivity (Wildman–Crippen MR) is 451 cm³/mol. The molecule has 3 heterocycles. The van der Waals surface area contributed by atoms with Crippen LogP contribution in [0.2, 0.25) is 0 Å². The highest BCUT2D eigenvalue weighted by atomic mass is 32.2. The molecule has 11 atom stereocenters. The summed E-state index contributed by atoms with van der Waals surface area (Å²) in [7, 11) is 0. The van der Waals surface area contributed by atoms with E-state index < -0.39 is 274 Å². The second kappa shape index (κ2) is 51.8. The molecule has 1 saturated heterocycles. The number of hydrogen-bond donors (Lipinski definition) is 26. The minimum absolute atomic E-state index is 0.000792. The van der Waals surface area contributed by atoms with Crippen LogP contribution in [0.25, 0.3) is 21.8 Å². The number of aromatic hydroxyl groups is 1. The fourth-order valence-electron chi connectivity index (χ4n) is 13.0. The number of fused-ring (bicyclic) bond motifs is 2. The minimum Gasteiger partial charge on any atom is -0.508 e. The van der Waals surface area contributed by atoms with Gasteiger partial charge in [-0.3, -0.25) is 96.5 Å². The van der Waals surface area contributed by atoms with Gasteiger partial charge in [-0.25, -0.2) is 0 Å². The summed E-state index contributed by atoms with van der Waals surface area (Å²) in [4.78, 5) is 266. The van der Waals surface area contributed by atoms with Crippen molar-refractivity contribution in [1.82, 2.24) is 84.4 Å². The van der Waals surface area contributed by atoms with Gasteiger partial charge in [0.2, 0.25) is 100 Å². The number of para-hydroxylation sites is 2. The van der Waals surface area contributed by atoms with Gasteiger partial charge in [0.15, 0.2) is 5.96 Å². The van der Waals surface area contributed by atoms with Gasteiger partial charge >= 0.3 is 11.9 Å². The number of unbranched alkanes of at least 4 members (excludes halogenated alkanes) is 1. The van der Waals surface area contributed by atoms with Crippen LogP contribution in [0.3, 0.4) is 0 Å². The van der Waals surface area contributed by atoms with E-state index in [0.717, 1.165) is 11.8 Å². The molecular weight excluding hydrogens is 1670 g/mol. The van der Waals surface area contributed by atoms with Crippen LogP contribution in [0, 0.1) is 5.41 Å². The quantitative estimate of drug-likeness (QED) is 0.00978. The van der Waals surface area contributed by atoms with Crippen molar-refractivity contribution in [2.24, 2.45) is 34.4 Å². The molecule has 0 bridgehead atoms. The number of thioether (sulfide) groups is 1. The van der Waals surface area contributed by atoms with E-state index in [0.29, 0.717) is 52.3 Å². The van der Waals surface area contributed by atoms with Crippen molar-refractivity contribution >= 4 is 152 Å². The van der Waals surface area contributed by atoms with Crippen molar-refractivity contribution in [3.63, 3.8) is 0 Å². The van der Waals surface area contributed by atoms with E-state index in [2.05, 4.69) is 84.4 Å². The topological polar surface area (TPSA) is 774 Å². The van der Waals surface area contributed by atoms with Gasteiger partial charge in [0, 0.05) is 98.0 Å². The molecule has 1 aliphatic rings. The van der Waals surface area contributed by atoms with Crippen molar-refractivity contribution in [2.75, 3.05) is 50.9 Å². The highest BCUT2D eigenvalue weighted by Crippen LogP contribution is 2.23. The molecule has 2 aromatic heterocycles. The van der Waals surface area contributed by atoms with Crippen molar-refractivity contribution in [3.05, 3.63) is 102 Å². The van der Waals surface area contributed by atoms with Crippen LogP contribution in [0.1, 0.15) is 113 Å². The lowest BCUT2D eigenvalue weighted by molar-refractivity contribution is -0.141. The molecule has 46 nitrogen and oxygen atoms in total. The summed E-state index contributed by atoms with van der Waals surface area (Å²) in [5, 5.41) is 73.6. The van der Waals surface area contributed by atoms with E-state index in [1.54, 1.807) is 48.5 Å². The number of aliphatic carboxylic acids is 2. The molecule has 32 N–H and O–H groups in total. The molecule has 0 saturated carbocycles. The Hall–Kier alpha value is -14.0. The second-order valence-electron chi connectivity index (χ2n) is 29.5. The Morgan fingerprint density at radius 3 is 1.66 bits per heavy atom. The predicted octanol–water partition coefficient (Wildman–Crippen LogP) is -6.89. The number of H-pyrrole nitrogens is 2. The molecule has 6 rings (SSSR count). The average Bonchev–Trinajstić information content (AvgIpc) is 1.65. The van der Waals surface area contributed by atoms with Gasteiger partial charge in [-0.1, -0.05) is 48.5 Å². The molecule has 17 amide bonds. The monoisotopic (exact) mass is 1780 g/mol. The number of phenols is 1. The number of carbonyl (C=O) groups is 19. The van der Waals surface area contributed by atoms with Crippen LogP contribution < -0.4 is 109 Å². The van der Waals surface area contributed by atoms with E-state index in [1.165, 1.54) is 36.7 Å². The maximum absolute atomic E-state index is 15.5. The third-order valence-corrected chi connectivity index (χ3v) is 20.7. The number of nitrogens with one attached hydrogen (secondary N) is 17. The molecular formula is C79H109N23O23S. The Morgan fingerprint density at radius 1 is 0.516 bits per heavy atom. The van der Waals surface area contributed by atoms with Gasteiger partial charge in [0.1, 0.15) is 78.8 Å². The van der Waals surface area contributed by atoms with Crippen LogP contribution in [0.15, 0.2) is 85.2 Å². The van der Waals surface area contributed by atoms with Gasteiger partial charge in [-0.2, -0.15) is 11.8 Å². The van der Waals surface area contributed by atoms with Crippen molar-refractivity contribution in [3.8, 4) is 5.75 Å². The number of phenolic OH excluding ortho intramolecular Hbond substituents is 1. The van der Waals surface area contributed by atoms with E-state index in [1.807, 2.05) is 0 Å². The first-order valence-corrected chi connectivity index (χ1v) is 41.4. The standard InChI is InChI=1S/C79H109N23O23S/c80-26-6-5-13-49(68(84)114)92-65(109)39-125-29-28-87-64(108)38-91-69(115)57(34-62(83)106)100-72(118)53(22-25-66(110)111)95-70(116)50(14-7-27-88-79(85)86)94-75(121)55(32-42-36-89-47-11-3-1-9-45(42)47)98-74(120)54(31-41-16-18-44(103)19-17-41)97-78(124)59-40-126-30-8-15-63(107)93-51(20-23-60(81)104)71(117)101-58(35-67(112)113)77(123)99-56(33-43-37-90-48-12-4-2-10-46(43)48)76(122)96-52(73(119)102-59)21-24-61(82)105/h1-4,9-12,16-19,36-37,49-59,89-90,103H,5-8,13-15,20-35,38-40,80H2,(H2,81,104)(H2,82,105)(H2,83,106)(H2,84,114)(H,87,108)(H,91,115)(H,92,109)(H,93,107)(H,94,121)(H,95,116)(H,96,122)(H,97,124)(H,98,120)(H,99,123)(H,100,118)(H,101,117)(H,102,119)(H,110,111)(H,112,113)(H4,85,86,88)/t49-,50+,51+,52+,53+,54+,55+,56+,57+,58+,59+/m1/s1. The molecule has 5 aromatic rings. The Labute approximate surface area is 724 Å². The number of ether oxygens (including phenoxy) is 1. The third-order valence-electron chi connectivity index (χ3n) is 19.5. The number of carboxylic acid groups (broad SMARTS) is 2. The minimum atomic E-state index is -1.96. The first-order chi connectivity index (χ1) is 60.0. The summed E-state index contributed by atoms with van der Waals surface area (Å²) in [6.07, 6.45) is -3.33. The number of rotatable bonds is 47. The molecule has 1 aliphatic heterocycles. The van der Waals surface area contributed by atoms with E-state index >= 15 is 14.4 Å². The lowest BCUT2D eigenvalue weighted by atomic mass is 10.0. The lowest BCUT2D eigenvalue weighted by Gasteiger charge is -2.28. The van der Waals surface area contributed by atoms with Gasteiger partial charge in [0.05, 0.1) is 26.0 Å². The summed E-state index contributed by atoms with van der Waals surface area (Å²) in [6.45, 7) is -1.51. The summed E-state index contributed by atoms with van der Waals surface area (Å²) in [6, 6.07) is -0.152. The highest BCUT2D eigenvalue weighted by Gasteiger charge is 2.39. The van der Waals surface area contributed by atoms with Crippen LogP contribution in [-0.4, -0.2) is 261 Å². The first-order valence-electron chi connectivity index (χ1n) is 40.2. The molecule has 126 heavy (non-hydrogen) atoms. The summed E-state index contributed by atoms with van der Waals surface area (Å²) < 4.78 is 5.27. The SMILES string of the molecule is N=C(N)NCCC[C@H](NC(=O)[C@H](Cc1c[nH]c2ccccc12)NC(=O)[C@H](Cc1ccc(O)cc1)NC(=O)[C@@H]1CSCCCC(=O)N[C@@H](CCC(N)=O)C(=O)N[C@@H](CC(=O)O)C(=O)N[C@@H](Cc2c[nH]c3ccccc23)C(=O)N[C@@H](CCC(N)=O)C(=O)N1)C(=O)N[C@@H](CCC(=O)O)C(=O)N[C@@H](CC(N)=O)C(=O)NCC(=O)NCCOCC(=O)N[C@H](CCCCN)C(N)=O. The number of hydrogen-bond acceptors (Lipinski definition) is 24. The number of aromatic amines is 2. The normalized spacial score (nSPS) is 17.4. The van der Waals surface area contributed by atoms with Gasteiger partial charge in [-0.15, -0.1) is 0 Å². The first kappa shape index (κ1) is 101. The van der Waals surface area contributed by atoms with Crippen LogP contribution in [-0.2, 0) is 115 Å². The maximum Gasteiger partial charge on any atom is 0.305 e. The van der Waals surface area contributed by atoms with Crippen LogP contribution in [0.5, 0.6) is 5.75 Å². The molecule has 684 valence electrons. The maximum atomic E-state index is 15.5. The summed E-state index contributed by atoms with van der Waals surface area (Å²) >= 11 is 0.972. The molecule has 0 aliphatic carbocycles. The third kappa shape index (κ3) is 35.5. The second-order valence-corrected chi connectivity index (χ2v) is 30.6. The summed E-state index contributed by atoms with van der Waals surface area (Å²) in [5.74, 6) is -22.0. The molecule has 47 heteroatoms. The highest BCUT2D eigenvalue weighted by molar-refractivity contribution is 7.99. The summed E-state index contributed by atoms with van der Waals surface area (Å²) in [5.41, 5.74) is 35.1. The number of benzene rings is 3. The zero-order valence-corrected chi connectivity index (χ0v) is 69.5. The van der Waals surface area contributed by atoms with Gasteiger partial charge < -0.3 is 139 Å². The molecule has 3 aromatic carbocycles. The Bertz CT molecular complexity index is 4720. The average molecular weight is 1780 g/mol. The lowest BCUT2D eigenvalue weighted by Crippen LogP contribution is -2.61. The van der Waals surface area contributed by atoms with Crippen molar-refractivity contribution < 1.29 is 111 Å². The fourth-order valence-corrected chi connectivity index (χ4v) is 14.0. The molecule has 0 unspecified atom stereocenters. The Morgan fingerprint density at radius 2 is 1.06 bits per heavy atom. The van der Waals surface area contributed by atoms with Crippen LogP contribution in [0.4, 0.5) is 0 Å². The number of primary amides is 4. The molecule has 1 fully saturated rings. The molecule has 0 spiro atoms. The van der Waals surface area contributed by atoms with Gasteiger partial charge in [-0.05, 0) is 111 Å². The van der Waals surface area contributed by atoms with Crippen molar-refractivity contribution in [1.29, 1.82) is 5.41 Å². The van der Waals surface area contributed by atoms with E-state index in [4.69, 9.17) is 44.5 Å². The number of carboxylic acids is 2. The van der Waals surface area contributed by atoms with E-state index in [9.17, 15) is 92.0 Å². The number of nitrogens with two attached hydrogens (primary N) is 6. The Balaban J connectivity index is 1.32. The number of aromatic nitrogens is 2. The number of guanidine groups is 1. The van der Waals surface area contributed by atoms with E-state index in [-0.39, 0.29) is 68.9 Å². The largest absolute Gasteiger partial charge is 0.508 e. The fraction of sp³-hybridized carbons (Fsp3) is 0.468. The molecule has 0 radical (unpaired) electrons. The zero-order chi connectivity index (χ0) is 92.5. The smallest absolute Gasteiger partial charge is 0.305 e. The van der Waals surface area contributed by atoms with Crippen LogP contribution >= 0.6 is 11.8 Å². The Kier molecular flexibility index (Phi) is 41.5. The van der Waals surface area contributed by atoms with Crippen molar-refractivity contribution in [2.45, 2.75) is 182 Å². The number of carbonyl (C=O) groups excluding carboxylic acids is 17.